The molecule has 2 aliphatic heterocycles. The predicted molar refractivity (Wildman–Crippen MR) is 70.0 cm³/mol. The van der Waals surface area contributed by atoms with E-state index in [4.69, 9.17) is 18.6 Å². The fourth-order valence-corrected chi connectivity index (χ4v) is 2.41. The van der Waals surface area contributed by atoms with Crippen LogP contribution in [0.1, 0.15) is 41.5 Å². The average Bonchev–Trinajstić information content (AvgIpc) is 2.85. The van der Waals surface area contributed by atoms with Crippen LogP contribution in [0.3, 0.4) is 0 Å². The first-order valence-corrected chi connectivity index (χ1v) is 6.50. The highest BCUT2D eigenvalue weighted by Crippen LogP contribution is 2.49. The molecule has 1 spiro atoms. The molecule has 4 nitrogen and oxygen atoms in total. The maximum absolute atomic E-state index is 5.96. The molecular formula is C12H20B2O4. The van der Waals surface area contributed by atoms with Gasteiger partial charge in [-0.1, -0.05) is 0 Å². The molecule has 0 aromatic heterocycles. The van der Waals surface area contributed by atoms with E-state index < -0.39 is 14.0 Å². The molecule has 0 bridgehead atoms. The van der Waals surface area contributed by atoms with Crippen LogP contribution in [0.5, 0.6) is 0 Å². The lowest BCUT2D eigenvalue weighted by molar-refractivity contribution is 0.00578. The molecule has 0 amide bonds. The van der Waals surface area contributed by atoms with Gasteiger partial charge in [0, 0.05) is 0 Å². The van der Waals surface area contributed by atoms with E-state index in [9.17, 15) is 0 Å². The molecular weight excluding hydrogens is 230 g/mol. The Balaban J connectivity index is 1.76. The molecule has 1 aliphatic carbocycles. The number of hydrogen-bond donors (Lipinski definition) is 0. The molecule has 3 rings (SSSR count). The average molecular weight is 250 g/mol. The van der Waals surface area contributed by atoms with E-state index in [0.717, 1.165) is 0 Å². The molecule has 2 saturated heterocycles. The zero-order valence-electron chi connectivity index (χ0n) is 11.9. The largest absolute Gasteiger partial charge is 0.489 e. The Morgan fingerprint density at radius 2 is 1.00 bits per heavy atom. The second kappa shape index (κ2) is 3.23. The zero-order chi connectivity index (χ0) is 13.4. The van der Waals surface area contributed by atoms with Gasteiger partial charge in [-0.2, -0.15) is 0 Å². The van der Waals surface area contributed by atoms with E-state index >= 15 is 0 Å². The first-order valence-electron chi connectivity index (χ1n) is 6.50. The molecule has 6 heteroatoms. The maximum Gasteiger partial charge on any atom is 0.489 e. The van der Waals surface area contributed by atoms with Gasteiger partial charge in [-0.15, -0.1) is 0 Å². The molecule has 18 heavy (non-hydrogen) atoms. The fraction of sp³-hybridized carbons (Fsp3) is 0.833. The lowest BCUT2D eigenvalue weighted by Crippen LogP contribution is -2.41. The molecule has 0 saturated carbocycles. The van der Waals surface area contributed by atoms with E-state index in [2.05, 4.69) is 0 Å². The predicted octanol–water partition coefficient (Wildman–Crippen LogP) is 1.78. The molecule has 2 fully saturated rings. The summed E-state index contributed by atoms with van der Waals surface area (Å²) in [5.41, 5.74) is -1.44. The van der Waals surface area contributed by atoms with Gasteiger partial charge < -0.3 is 18.6 Å². The Morgan fingerprint density at radius 1 is 0.611 bits per heavy atom. The topological polar surface area (TPSA) is 36.9 Å². The van der Waals surface area contributed by atoms with Gasteiger partial charge in [0.05, 0.1) is 16.8 Å². The minimum Gasteiger partial charge on any atom is -0.405 e. The van der Waals surface area contributed by atoms with Crippen LogP contribution in [0, 0.1) is 0 Å². The van der Waals surface area contributed by atoms with E-state index in [1.165, 1.54) is 0 Å². The second-order valence-electron chi connectivity index (χ2n) is 6.87. The van der Waals surface area contributed by atoms with Gasteiger partial charge in [0.25, 0.3) is 0 Å². The molecule has 0 atom stereocenters. The van der Waals surface area contributed by atoms with Crippen LogP contribution in [0.4, 0.5) is 0 Å². The summed E-state index contributed by atoms with van der Waals surface area (Å²) >= 11 is 0. The van der Waals surface area contributed by atoms with E-state index in [1.807, 2.05) is 53.7 Å². The maximum atomic E-state index is 5.96. The van der Waals surface area contributed by atoms with Crippen LogP contribution in [0.15, 0.2) is 12.2 Å². The van der Waals surface area contributed by atoms with Gasteiger partial charge in [0.1, 0.15) is 5.60 Å². The van der Waals surface area contributed by atoms with Crippen molar-refractivity contribution >= 4 is 14.0 Å². The molecule has 0 N–H and O–H groups in total. The highest BCUT2D eigenvalue weighted by Gasteiger charge is 2.67. The summed E-state index contributed by atoms with van der Waals surface area (Å²) < 4.78 is 23.8. The lowest BCUT2D eigenvalue weighted by Gasteiger charge is -2.32. The summed E-state index contributed by atoms with van der Waals surface area (Å²) in [6.45, 7) is 12.2. The van der Waals surface area contributed by atoms with Crippen LogP contribution in [-0.2, 0) is 18.6 Å². The Bertz CT molecular complexity index is 361. The summed E-state index contributed by atoms with van der Waals surface area (Å²) in [6.07, 6.45) is 4.05. The molecule has 0 aromatic rings. The highest BCUT2D eigenvalue weighted by molar-refractivity contribution is 7.11. The summed E-state index contributed by atoms with van der Waals surface area (Å²) in [5, 5.41) is 0. The normalized spacial score (nSPS) is 33.4. The van der Waals surface area contributed by atoms with E-state index in [-0.39, 0.29) is 22.4 Å². The standard InChI is InChI=1S/C12H20B2O4/c1-9(2)10(3,4)16-13(15-9)14-17-11(5,6)12(18-14)7-8-12/h7-8H,1-6H3. The minimum absolute atomic E-state index is 0.360. The van der Waals surface area contributed by atoms with Gasteiger partial charge in [0.2, 0.25) is 0 Å². The van der Waals surface area contributed by atoms with E-state index in [1.54, 1.807) is 0 Å². The molecule has 3 aliphatic rings. The monoisotopic (exact) mass is 250 g/mol. The van der Waals surface area contributed by atoms with Crippen molar-refractivity contribution in [2.24, 2.45) is 0 Å². The van der Waals surface area contributed by atoms with Gasteiger partial charge in [-0.05, 0) is 53.7 Å². The van der Waals surface area contributed by atoms with Crippen LogP contribution in [-0.4, -0.2) is 36.4 Å². The van der Waals surface area contributed by atoms with Crippen molar-refractivity contribution in [3.8, 4) is 0 Å². The lowest BCUT2D eigenvalue weighted by atomic mass is 9.49. The number of hydrogen-bond acceptors (Lipinski definition) is 4. The summed E-state index contributed by atoms with van der Waals surface area (Å²) in [4.78, 5) is 0. The molecule has 0 unspecified atom stereocenters. The Morgan fingerprint density at radius 3 is 1.39 bits per heavy atom. The SMILES string of the molecule is CC1(C)OB(B2OC(C)(C)C3(C=C3)O2)OC1(C)C. The summed E-state index contributed by atoms with van der Waals surface area (Å²) in [5.74, 6) is 0. The third-order valence-electron chi connectivity index (χ3n) is 4.63. The zero-order valence-corrected chi connectivity index (χ0v) is 11.9. The Labute approximate surface area is 109 Å². The quantitative estimate of drug-likeness (QED) is 0.525. The second-order valence-corrected chi connectivity index (χ2v) is 6.87. The van der Waals surface area contributed by atoms with Crippen LogP contribution in [0.2, 0.25) is 0 Å². The van der Waals surface area contributed by atoms with Gasteiger partial charge in [0.15, 0.2) is 0 Å². The molecule has 0 radical (unpaired) electrons. The van der Waals surface area contributed by atoms with Crippen LogP contribution < -0.4 is 0 Å². The van der Waals surface area contributed by atoms with Crippen LogP contribution in [0.25, 0.3) is 0 Å². The first kappa shape index (κ1) is 12.7. The highest BCUT2D eigenvalue weighted by atomic mass is 16.7. The van der Waals surface area contributed by atoms with Crippen molar-refractivity contribution in [1.82, 2.24) is 0 Å². The molecule has 2 heterocycles. The van der Waals surface area contributed by atoms with Crippen molar-refractivity contribution in [3.05, 3.63) is 12.2 Å². The number of rotatable bonds is 1. The summed E-state index contributed by atoms with van der Waals surface area (Å²) in [6, 6.07) is 0. The molecule has 0 aromatic carbocycles. The Hall–Kier alpha value is -0.290. The van der Waals surface area contributed by atoms with Gasteiger partial charge >= 0.3 is 14.0 Å². The first-order chi connectivity index (χ1) is 8.09. The van der Waals surface area contributed by atoms with Gasteiger partial charge in [-0.3, -0.25) is 0 Å². The van der Waals surface area contributed by atoms with Crippen LogP contribution >= 0.6 is 0 Å². The van der Waals surface area contributed by atoms with Crippen molar-refractivity contribution in [3.63, 3.8) is 0 Å². The van der Waals surface area contributed by atoms with Crippen molar-refractivity contribution in [2.75, 3.05) is 0 Å². The fourth-order valence-electron chi connectivity index (χ4n) is 2.41. The smallest absolute Gasteiger partial charge is 0.405 e. The minimum atomic E-state index is -0.476. The third-order valence-corrected chi connectivity index (χ3v) is 4.63. The van der Waals surface area contributed by atoms with Crippen molar-refractivity contribution in [2.45, 2.75) is 63.9 Å². The summed E-state index contributed by atoms with van der Waals surface area (Å²) in [7, 11) is -0.952. The molecule has 98 valence electrons. The Kier molecular flexibility index (Phi) is 2.29. The van der Waals surface area contributed by atoms with Crippen molar-refractivity contribution < 1.29 is 18.6 Å². The van der Waals surface area contributed by atoms with E-state index in [0.29, 0.717) is 0 Å². The van der Waals surface area contributed by atoms with Gasteiger partial charge in [-0.25, -0.2) is 0 Å². The van der Waals surface area contributed by atoms with Crippen molar-refractivity contribution in [1.29, 1.82) is 0 Å². The third kappa shape index (κ3) is 1.56.